The molecule has 0 aliphatic carbocycles. The minimum atomic E-state index is -0.806. The van der Waals surface area contributed by atoms with Crippen LogP contribution < -0.4 is 0 Å². The van der Waals surface area contributed by atoms with Gasteiger partial charge in [-0.3, -0.25) is 4.79 Å². The molecule has 1 heterocycles. The third kappa shape index (κ3) is 3.54. The predicted octanol–water partition coefficient (Wildman–Crippen LogP) is 2.77. The van der Waals surface area contributed by atoms with Crippen LogP contribution in [0.5, 0.6) is 0 Å². The van der Waals surface area contributed by atoms with Crippen LogP contribution in [-0.2, 0) is 17.0 Å². The quantitative estimate of drug-likeness (QED) is 0.853. The van der Waals surface area contributed by atoms with Crippen LogP contribution in [0.2, 0.25) is 0 Å². The third-order valence-electron chi connectivity index (χ3n) is 2.32. The Morgan fingerprint density at radius 1 is 1.33 bits per heavy atom. The van der Waals surface area contributed by atoms with E-state index in [1.54, 1.807) is 23.1 Å². The molecule has 1 N–H and O–H groups in total. The Morgan fingerprint density at radius 2 is 2.06 bits per heavy atom. The summed E-state index contributed by atoms with van der Waals surface area (Å²) in [6.07, 6.45) is 0.0614. The van der Waals surface area contributed by atoms with E-state index >= 15 is 0 Å². The first-order chi connectivity index (χ1) is 8.65. The Morgan fingerprint density at radius 3 is 2.67 bits per heavy atom. The van der Waals surface area contributed by atoms with Crippen molar-refractivity contribution in [2.24, 2.45) is 0 Å². The van der Waals surface area contributed by atoms with Crippen LogP contribution in [0, 0.1) is 6.92 Å². The SMILES string of the molecule is Cc1nnc(SCc2ccccc2CC(=O)O)s1. The summed E-state index contributed by atoms with van der Waals surface area (Å²) in [7, 11) is 0. The number of benzene rings is 1. The minimum Gasteiger partial charge on any atom is -0.481 e. The normalized spacial score (nSPS) is 10.5. The molecule has 2 rings (SSSR count). The molecule has 6 heteroatoms. The Kier molecular flexibility index (Phi) is 4.33. The highest BCUT2D eigenvalue weighted by Crippen LogP contribution is 2.27. The van der Waals surface area contributed by atoms with Crippen molar-refractivity contribution in [1.82, 2.24) is 10.2 Å². The summed E-state index contributed by atoms with van der Waals surface area (Å²) in [5.74, 6) is -0.0860. The molecule has 0 unspecified atom stereocenters. The molecule has 0 spiro atoms. The van der Waals surface area contributed by atoms with Crippen LogP contribution >= 0.6 is 23.1 Å². The van der Waals surface area contributed by atoms with E-state index in [0.29, 0.717) is 0 Å². The molecule has 0 atom stereocenters. The van der Waals surface area contributed by atoms with Crippen LogP contribution in [0.1, 0.15) is 16.1 Å². The fourth-order valence-corrected chi connectivity index (χ4v) is 3.36. The first-order valence-corrected chi connectivity index (χ1v) is 7.17. The van der Waals surface area contributed by atoms with E-state index in [0.717, 1.165) is 26.2 Å². The molecule has 0 fully saturated rings. The lowest BCUT2D eigenvalue weighted by Gasteiger charge is -2.05. The molecule has 0 amide bonds. The van der Waals surface area contributed by atoms with Crippen molar-refractivity contribution in [1.29, 1.82) is 0 Å². The first kappa shape index (κ1) is 13.0. The lowest BCUT2D eigenvalue weighted by molar-refractivity contribution is -0.136. The largest absolute Gasteiger partial charge is 0.481 e. The molecule has 0 saturated heterocycles. The van der Waals surface area contributed by atoms with Crippen molar-refractivity contribution >= 4 is 29.1 Å². The number of aryl methyl sites for hydroxylation is 1. The average Bonchev–Trinajstić information content (AvgIpc) is 2.73. The van der Waals surface area contributed by atoms with Gasteiger partial charge in [-0.15, -0.1) is 10.2 Å². The zero-order chi connectivity index (χ0) is 13.0. The van der Waals surface area contributed by atoms with E-state index in [-0.39, 0.29) is 6.42 Å². The average molecular weight is 280 g/mol. The van der Waals surface area contributed by atoms with Crippen molar-refractivity contribution in [2.45, 2.75) is 23.4 Å². The molecule has 4 nitrogen and oxygen atoms in total. The van der Waals surface area contributed by atoms with Gasteiger partial charge in [0.15, 0.2) is 4.34 Å². The smallest absolute Gasteiger partial charge is 0.307 e. The fraction of sp³-hybridized carbons (Fsp3) is 0.250. The van der Waals surface area contributed by atoms with Crippen LogP contribution in [0.25, 0.3) is 0 Å². The summed E-state index contributed by atoms with van der Waals surface area (Å²) < 4.78 is 0.914. The van der Waals surface area contributed by atoms with Gasteiger partial charge in [0.2, 0.25) is 0 Å². The molecule has 0 aliphatic heterocycles. The van der Waals surface area contributed by atoms with Crippen molar-refractivity contribution in [2.75, 3.05) is 0 Å². The third-order valence-corrected chi connectivity index (χ3v) is 4.34. The number of hydrogen-bond donors (Lipinski definition) is 1. The van der Waals surface area contributed by atoms with Gasteiger partial charge in [0.25, 0.3) is 0 Å². The highest BCUT2D eigenvalue weighted by molar-refractivity contribution is 8.00. The van der Waals surface area contributed by atoms with Crippen molar-refractivity contribution < 1.29 is 9.90 Å². The molecular weight excluding hydrogens is 268 g/mol. The van der Waals surface area contributed by atoms with Gasteiger partial charge in [0, 0.05) is 5.75 Å². The van der Waals surface area contributed by atoms with E-state index in [2.05, 4.69) is 10.2 Å². The second-order valence-corrected chi connectivity index (χ2v) is 6.12. The highest BCUT2D eigenvalue weighted by Gasteiger charge is 2.08. The van der Waals surface area contributed by atoms with Gasteiger partial charge < -0.3 is 5.11 Å². The minimum absolute atomic E-state index is 0.0614. The Hall–Kier alpha value is -1.40. The Labute approximate surface area is 113 Å². The monoisotopic (exact) mass is 280 g/mol. The van der Waals surface area contributed by atoms with E-state index in [1.165, 1.54) is 0 Å². The number of aromatic nitrogens is 2. The van der Waals surface area contributed by atoms with Crippen LogP contribution in [0.15, 0.2) is 28.6 Å². The van der Waals surface area contributed by atoms with Gasteiger partial charge >= 0.3 is 5.97 Å². The number of carboxylic acids is 1. The molecule has 2 aromatic rings. The first-order valence-electron chi connectivity index (χ1n) is 5.36. The Balaban J connectivity index is 2.06. The van der Waals surface area contributed by atoms with Gasteiger partial charge in [-0.2, -0.15) is 0 Å². The van der Waals surface area contributed by atoms with Crippen molar-refractivity contribution in [3.8, 4) is 0 Å². The van der Waals surface area contributed by atoms with Crippen LogP contribution in [-0.4, -0.2) is 21.3 Å². The summed E-state index contributed by atoms with van der Waals surface area (Å²) in [5.41, 5.74) is 1.90. The molecular formula is C12H12N2O2S2. The molecule has 0 radical (unpaired) electrons. The molecule has 0 saturated carbocycles. The van der Waals surface area contributed by atoms with Crippen LogP contribution in [0.4, 0.5) is 0 Å². The van der Waals surface area contributed by atoms with Gasteiger partial charge in [-0.25, -0.2) is 0 Å². The number of carbonyl (C=O) groups is 1. The van der Waals surface area contributed by atoms with E-state index < -0.39 is 5.97 Å². The summed E-state index contributed by atoms with van der Waals surface area (Å²) in [5, 5.41) is 17.8. The maximum absolute atomic E-state index is 10.8. The van der Waals surface area contributed by atoms with E-state index in [4.69, 9.17) is 5.11 Å². The molecule has 94 valence electrons. The van der Waals surface area contributed by atoms with Crippen molar-refractivity contribution in [3.05, 3.63) is 40.4 Å². The van der Waals surface area contributed by atoms with Gasteiger partial charge in [-0.1, -0.05) is 47.4 Å². The lowest BCUT2D eigenvalue weighted by Crippen LogP contribution is -2.02. The molecule has 18 heavy (non-hydrogen) atoms. The second-order valence-electron chi connectivity index (χ2n) is 3.71. The number of nitrogens with zero attached hydrogens (tertiary/aromatic N) is 2. The van der Waals surface area contributed by atoms with Gasteiger partial charge in [-0.05, 0) is 18.1 Å². The number of rotatable bonds is 5. The zero-order valence-corrected chi connectivity index (χ0v) is 11.4. The standard InChI is InChI=1S/C12H12N2O2S2/c1-8-13-14-12(18-8)17-7-10-5-3-2-4-9(10)6-11(15)16/h2-5H,6-7H2,1H3,(H,15,16). The maximum Gasteiger partial charge on any atom is 0.307 e. The van der Waals surface area contributed by atoms with Gasteiger partial charge in [0.05, 0.1) is 6.42 Å². The molecule has 1 aromatic carbocycles. The summed E-state index contributed by atoms with van der Waals surface area (Å²) in [6.45, 7) is 1.92. The lowest BCUT2D eigenvalue weighted by atomic mass is 10.1. The van der Waals surface area contributed by atoms with Gasteiger partial charge in [0.1, 0.15) is 5.01 Å². The maximum atomic E-state index is 10.8. The number of thioether (sulfide) groups is 1. The zero-order valence-electron chi connectivity index (χ0n) is 9.79. The number of aliphatic carboxylic acids is 1. The van der Waals surface area contributed by atoms with E-state index in [9.17, 15) is 4.79 Å². The molecule has 0 bridgehead atoms. The van der Waals surface area contributed by atoms with Crippen LogP contribution in [0.3, 0.4) is 0 Å². The fourth-order valence-electron chi connectivity index (χ4n) is 1.51. The van der Waals surface area contributed by atoms with Crippen molar-refractivity contribution in [3.63, 3.8) is 0 Å². The summed E-state index contributed by atoms with van der Waals surface area (Å²) >= 11 is 3.14. The number of hydrogen-bond acceptors (Lipinski definition) is 5. The second kappa shape index (κ2) is 5.97. The Bertz CT molecular complexity index is 555. The highest BCUT2D eigenvalue weighted by atomic mass is 32.2. The molecule has 0 aliphatic rings. The molecule has 1 aromatic heterocycles. The number of carboxylic acid groups (broad SMARTS) is 1. The summed E-state index contributed by atoms with van der Waals surface area (Å²) in [4.78, 5) is 10.8. The van der Waals surface area contributed by atoms with E-state index in [1.807, 2.05) is 31.2 Å². The predicted molar refractivity (Wildman–Crippen MR) is 72.0 cm³/mol. The summed E-state index contributed by atoms with van der Waals surface area (Å²) in [6, 6.07) is 7.60. The topological polar surface area (TPSA) is 63.1 Å².